The van der Waals surface area contributed by atoms with Crippen LogP contribution in [0, 0.1) is 0 Å². The van der Waals surface area contributed by atoms with E-state index in [-0.39, 0.29) is 18.5 Å². The molecule has 0 spiro atoms. The van der Waals surface area contributed by atoms with E-state index in [4.69, 9.17) is 0 Å². The lowest BCUT2D eigenvalue weighted by molar-refractivity contribution is 0.204. The molecular weight excluding hydrogens is 733 g/mol. The number of benzene rings is 8. The number of nitrogens with zero attached hydrogens (tertiary/aromatic N) is 1. The van der Waals surface area contributed by atoms with Crippen LogP contribution in [0.3, 0.4) is 0 Å². The van der Waals surface area contributed by atoms with E-state index in [1.807, 2.05) is 22.7 Å². The third-order valence-electron chi connectivity index (χ3n) is 11.7. The summed E-state index contributed by atoms with van der Waals surface area (Å²) in [6, 6.07) is 66.4. The molecular formula is C51H36N4S2. The molecule has 57 heavy (non-hydrogen) atoms. The van der Waals surface area contributed by atoms with Gasteiger partial charge in [0.25, 0.3) is 0 Å². The van der Waals surface area contributed by atoms with Crippen LogP contribution in [0.5, 0.6) is 0 Å². The van der Waals surface area contributed by atoms with Crippen LogP contribution in [0.15, 0.2) is 182 Å². The minimum absolute atomic E-state index is 0.0242. The second-order valence-corrected chi connectivity index (χ2v) is 17.0. The molecule has 0 aliphatic carbocycles. The first kappa shape index (κ1) is 33.1. The molecule has 0 radical (unpaired) electrons. The first-order valence-corrected chi connectivity index (χ1v) is 21.2. The normalized spacial score (nSPS) is 17.4. The summed E-state index contributed by atoms with van der Waals surface area (Å²) < 4.78 is 7.68. The summed E-state index contributed by atoms with van der Waals surface area (Å²) in [6.45, 7) is 0. The lowest BCUT2D eigenvalue weighted by Gasteiger charge is -2.39. The van der Waals surface area contributed by atoms with Gasteiger partial charge in [0, 0.05) is 73.5 Å². The maximum Gasteiger partial charge on any atom is 0.0878 e. The Kier molecular flexibility index (Phi) is 7.68. The van der Waals surface area contributed by atoms with Gasteiger partial charge in [-0.3, -0.25) is 16.0 Å². The maximum absolute atomic E-state index is 3.93. The zero-order chi connectivity index (χ0) is 37.5. The zero-order valence-corrected chi connectivity index (χ0v) is 32.4. The standard InChI is InChI=1S/C51H36N4S2/c1-3-14-31(15-4-1)49-52-50(32-16-5-2-6-17-32)54-51(53-49)41-25-13-23-39-38-22-11-21-37(47(38)57-48(39)41)36-20-12-24-40-42-30-33(28-29-45(42)56-46(36)40)55-43-26-9-7-18-34(43)35-19-8-10-27-44(35)55/h1-30,49-54H. The van der Waals surface area contributed by atoms with Gasteiger partial charge in [0.05, 0.1) is 29.5 Å². The van der Waals surface area contributed by atoms with E-state index in [2.05, 4.69) is 203 Å². The van der Waals surface area contributed by atoms with Crippen LogP contribution in [-0.2, 0) is 0 Å². The summed E-state index contributed by atoms with van der Waals surface area (Å²) in [5, 5.41) is 19.4. The van der Waals surface area contributed by atoms with Crippen LogP contribution in [0.2, 0.25) is 0 Å². The largest absolute Gasteiger partial charge is 0.309 e. The van der Waals surface area contributed by atoms with Crippen LogP contribution in [0.1, 0.15) is 35.2 Å². The third-order valence-corrected chi connectivity index (χ3v) is 14.3. The van der Waals surface area contributed by atoms with Gasteiger partial charge in [0.2, 0.25) is 0 Å². The van der Waals surface area contributed by atoms with Gasteiger partial charge in [-0.05, 0) is 41.5 Å². The lowest BCUT2D eigenvalue weighted by Crippen LogP contribution is -2.54. The number of fused-ring (bicyclic) bond motifs is 9. The van der Waals surface area contributed by atoms with Crippen LogP contribution in [0.4, 0.5) is 0 Å². The number of para-hydroxylation sites is 2. The van der Waals surface area contributed by atoms with E-state index in [1.165, 1.54) is 95.7 Å². The fourth-order valence-corrected chi connectivity index (χ4v) is 11.7. The van der Waals surface area contributed by atoms with Gasteiger partial charge in [-0.25, -0.2) is 0 Å². The molecule has 11 aromatic rings. The summed E-state index contributed by atoms with van der Waals surface area (Å²) in [7, 11) is 0. The van der Waals surface area contributed by atoms with E-state index in [0.717, 1.165) is 0 Å². The second-order valence-electron chi connectivity index (χ2n) is 15.0. The minimum atomic E-state index is -0.0726. The van der Waals surface area contributed by atoms with E-state index in [1.54, 1.807) is 0 Å². The summed E-state index contributed by atoms with van der Waals surface area (Å²) >= 11 is 3.82. The number of thiophene rings is 2. The van der Waals surface area contributed by atoms with Crippen molar-refractivity contribution in [3.05, 3.63) is 199 Å². The number of hydrogen-bond acceptors (Lipinski definition) is 5. The second kappa shape index (κ2) is 13.2. The lowest BCUT2D eigenvalue weighted by atomic mass is 9.99. The van der Waals surface area contributed by atoms with Crippen molar-refractivity contribution >= 4 is 84.8 Å². The fraction of sp³-hybridized carbons (Fsp3) is 0.0588. The number of rotatable bonds is 5. The molecule has 272 valence electrons. The maximum atomic E-state index is 3.93. The summed E-state index contributed by atoms with van der Waals surface area (Å²) in [5.74, 6) is 0. The predicted octanol–water partition coefficient (Wildman–Crippen LogP) is 13.4. The molecule has 0 amide bonds. The van der Waals surface area contributed by atoms with Gasteiger partial charge in [-0.1, -0.05) is 152 Å². The van der Waals surface area contributed by atoms with Gasteiger partial charge in [-0.15, -0.1) is 22.7 Å². The van der Waals surface area contributed by atoms with Crippen LogP contribution in [0.25, 0.3) is 79.0 Å². The van der Waals surface area contributed by atoms with E-state index in [9.17, 15) is 0 Å². The number of nitrogens with one attached hydrogen (secondary N) is 3. The molecule has 12 rings (SSSR count). The molecule has 1 fully saturated rings. The molecule has 2 atom stereocenters. The summed E-state index contributed by atoms with van der Waals surface area (Å²) in [5.41, 5.74) is 9.93. The van der Waals surface area contributed by atoms with Gasteiger partial charge in [0.15, 0.2) is 0 Å². The molecule has 4 nitrogen and oxygen atoms in total. The molecule has 3 N–H and O–H groups in total. The molecule has 1 aliphatic rings. The SMILES string of the molecule is c1ccc(C2NC(c3ccccc3)NC(c3cccc4c3sc3c(-c5cccc6c5sc5ccc(-n7c8ccccc8c8ccccc87)cc56)cccc34)N2)cc1. The van der Waals surface area contributed by atoms with Crippen molar-refractivity contribution < 1.29 is 0 Å². The van der Waals surface area contributed by atoms with Crippen molar-refractivity contribution in [1.82, 2.24) is 20.5 Å². The molecule has 8 aromatic carbocycles. The van der Waals surface area contributed by atoms with Crippen molar-refractivity contribution in [3.8, 4) is 16.8 Å². The Morgan fingerprint density at radius 2 is 0.860 bits per heavy atom. The highest BCUT2D eigenvalue weighted by Gasteiger charge is 2.31. The van der Waals surface area contributed by atoms with Gasteiger partial charge in [0.1, 0.15) is 0 Å². The van der Waals surface area contributed by atoms with Crippen molar-refractivity contribution in [1.29, 1.82) is 0 Å². The predicted molar refractivity (Wildman–Crippen MR) is 243 cm³/mol. The number of aromatic nitrogens is 1. The molecule has 1 saturated heterocycles. The topological polar surface area (TPSA) is 41.0 Å². The van der Waals surface area contributed by atoms with Crippen molar-refractivity contribution in [2.24, 2.45) is 0 Å². The van der Waals surface area contributed by atoms with E-state index >= 15 is 0 Å². The molecule has 4 heterocycles. The Hall–Kier alpha value is -6.12. The Labute approximate surface area is 337 Å². The fourth-order valence-electron chi connectivity index (χ4n) is 9.12. The van der Waals surface area contributed by atoms with Crippen molar-refractivity contribution in [2.75, 3.05) is 0 Å². The van der Waals surface area contributed by atoms with Gasteiger partial charge < -0.3 is 4.57 Å². The summed E-state index contributed by atoms with van der Waals surface area (Å²) in [6.07, 6.45) is -0.121. The molecule has 1 aliphatic heterocycles. The third kappa shape index (κ3) is 5.30. The summed E-state index contributed by atoms with van der Waals surface area (Å²) in [4.78, 5) is 0. The average molecular weight is 769 g/mol. The molecule has 0 saturated carbocycles. The first-order valence-electron chi connectivity index (χ1n) is 19.5. The van der Waals surface area contributed by atoms with Gasteiger partial charge >= 0.3 is 0 Å². The van der Waals surface area contributed by atoms with Crippen LogP contribution < -0.4 is 16.0 Å². The highest BCUT2D eigenvalue weighted by molar-refractivity contribution is 7.27. The molecule has 6 heteroatoms. The van der Waals surface area contributed by atoms with E-state index < -0.39 is 0 Å². The molecule has 0 bridgehead atoms. The number of hydrogen-bond donors (Lipinski definition) is 3. The van der Waals surface area contributed by atoms with Crippen LogP contribution in [-0.4, -0.2) is 4.57 Å². The van der Waals surface area contributed by atoms with E-state index in [0.29, 0.717) is 0 Å². The Bertz CT molecular complexity index is 3210. The highest BCUT2D eigenvalue weighted by Crippen LogP contribution is 2.47. The van der Waals surface area contributed by atoms with Crippen LogP contribution >= 0.6 is 22.7 Å². The highest BCUT2D eigenvalue weighted by atomic mass is 32.1. The Morgan fingerprint density at radius 3 is 1.49 bits per heavy atom. The van der Waals surface area contributed by atoms with Crippen molar-refractivity contribution in [3.63, 3.8) is 0 Å². The Balaban J connectivity index is 0.990. The molecule has 2 unspecified atom stereocenters. The van der Waals surface area contributed by atoms with Gasteiger partial charge in [-0.2, -0.15) is 0 Å². The van der Waals surface area contributed by atoms with Crippen molar-refractivity contribution in [2.45, 2.75) is 18.5 Å². The molecule has 3 aromatic heterocycles. The smallest absolute Gasteiger partial charge is 0.0878 e. The zero-order valence-electron chi connectivity index (χ0n) is 30.8. The first-order chi connectivity index (χ1) is 28.3. The Morgan fingerprint density at radius 1 is 0.368 bits per heavy atom. The average Bonchev–Trinajstić information content (AvgIpc) is 3.96. The minimum Gasteiger partial charge on any atom is -0.309 e. The quantitative estimate of drug-likeness (QED) is 0.163. The monoisotopic (exact) mass is 768 g/mol.